The molecule has 0 N–H and O–H groups in total. The predicted molar refractivity (Wildman–Crippen MR) is 79.3 cm³/mol. The number of imidazole rings is 1. The van der Waals surface area contributed by atoms with Crippen LogP contribution in [0, 0.1) is 0 Å². The van der Waals surface area contributed by atoms with Gasteiger partial charge in [-0.25, -0.2) is 4.98 Å². The number of carbonyl (C=O) groups is 1. The average molecular weight is 269 g/mol. The number of nitrogens with zero attached hydrogens (tertiary/aromatic N) is 3. The first kappa shape index (κ1) is 12.9. The standard InChI is InChI=1S/C16H19N3O/c1-3-10-19-14-8-5-4-7-13(14)17-16(19)15-9-6-11-18(15)12(2)20/h3-5,7-8,15H,1,6,9-11H2,2H3/t15-/m1/s1. The van der Waals surface area contributed by atoms with Gasteiger partial charge in [0.2, 0.25) is 5.91 Å². The Bertz CT molecular complexity index is 659. The van der Waals surface area contributed by atoms with Gasteiger partial charge in [-0.2, -0.15) is 0 Å². The van der Waals surface area contributed by atoms with Gasteiger partial charge in [-0.05, 0) is 25.0 Å². The number of hydrogen-bond acceptors (Lipinski definition) is 2. The Kier molecular flexibility index (Phi) is 3.30. The number of amides is 1. The van der Waals surface area contributed by atoms with Crippen LogP contribution in [0.15, 0.2) is 36.9 Å². The second-order valence-electron chi connectivity index (χ2n) is 5.23. The SMILES string of the molecule is C=CCn1c([C@H]2CCCN2C(C)=O)nc2ccccc21. The van der Waals surface area contributed by atoms with E-state index in [1.807, 2.05) is 29.2 Å². The smallest absolute Gasteiger partial charge is 0.220 e. The summed E-state index contributed by atoms with van der Waals surface area (Å²) in [6.45, 7) is 7.02. The molecule has 4 nitrogen and oxygen atoms in total. The molecule has 2 heterocycles. The first-order valence-electron chi connectivity index (χ1n) is 7.05. The van der Waals surface area contributed by atoms with Gasteiger partial charge in [-0.15, -0.1) is 6.58 Å². The lowest BCUT2D eigenvalue weighted by atomic mass is 10.2. The highest BCUT2D eigenvalue weighted by atomic mass is 16.2. The Morgan fingerprint density at radius 3 is 3.05 bits per heavy atom. The van der Waals surface area contributed by atoms with Gasteiger partial charge in [0, 0.05) is 20.0 Å². The van der Waals surface area contributed by atoms with Crippen LogP contribution < -0.4 is 0 Å². The lowest BCUT2D eigenvalue weighted by Gasteiger charge is -2.23. The fourth-order valence-corrected chi connectivity index (χ4v) is 3.08. The van der Waals surface area contributed by atoms with Crippen molar-refractivity contribution in [2.24, 2.45) is 0 Å². The molecule has 1 aliphatic rings. The minimum Gasteiger partial charge on any atom is -0.333 e. The molecule has 20 heavy (non-hydrogen) atoms. The highest BCUT2D eigenvalue weighted by Crippen LogP contribution is 2.33. The van der Waals surface area contributed by atoms with E-state index in [0.29, 0.717) is 0 Å². The molecule has 1 fully saturated rings. The summed E-state index contributed by atoms with van der Waals surface area (Å²) >= 11 is 0. The molecule has 104 valence electrons. The van der Waals surface area contributed by atoms with Crippen molar-refractivity contribution in [2.75, 3.05) is 6.54 Å². The van der Waals surface area contributed by atoms with Crippen LogP contribution in [0.4, 0.5) is 0 Å². The van der Waals surface area contributed by atoms with Crippen molar-refractivity contribution in [2.45, 2.75) is 32.4 Å². The average Bonchev–Trinajstić information content (AvgIpc) is 3.04. The molecular weight excluding hydrogens is 250 g/mol. The number of likely N-dealkylation sites (tertiary alicyclic amines) is 1. The van der Waals surface area contributed by atoms with E-state index in [9.17, 15) is 4.79 Å². The molecule has 1 aromatic carbocycles. The Morgan fingerprint density at radius 2 is 2.30 bits per heavy atom. The van der Waals surface area contributed by atoms with E-state index >= 15 is 0 Å². The number of benzene rings is 1. The van der Waals surface area contributed by atoms with Gasteiger partial charge in [0.1, 0.15) is 5.82 Å². The molecule has 4 heteroatoms. The normalized spacial score (nSPS) is 18.6. The van der Waals surface area contributed by atoms with E-state index in [0.717, 1.165) is 42.8 Å². The fourth-order valence-electron chi connectivity index (χ4n) is 3.08. The maximum Gasteiger partial charge on any atom is 0.220 e. The number of rotatable bonds is 3. The third-order valence-electron chi connectivity index (χ3n) is 3.95. The number of allylic oxidation sites excluding steroid dienone is 1. The molecule has 0 unspecified atom stereocenters. The predicted octanol–water partition coefficient (Wildman–Crippen LogP) is 2.91. The summed E-state index contributed by atoms with van der Waals surface area (Å²) in [7, 11) is 0. The molecule has 0 aliphatic carbocycles. The molecule has 0 saturated carbocycles. The van der Waals surface area contributed by atoms with Crippen LogP contribution in [0.3, 0.4) is 0 Å². The van der Waals surface area contributed by atoms with Crippen molar-refractivity contribution in [3.05, 3.63) is 42.7 Å². The molecule has 1 amide bonds. The number of aromatic nitrogens is 2. The first-order chi connectivity index (χ1) is 9.72. The summed E-state index contributed by atoms with van der Waals surface area (Å²) in [5.41, 5.74) is 2.09. The highest BCUT2D eigenvalue weighted by Gasteiger charge is 2.31. The topological polar surface area (TPSA) is 38.1 Å². The van der Waals surface area contributed by atoms with E-state index in [1.54, 1.807) is 6.92 Å². The van der Waals surface area contributed by atoms with Gasteiger partial charge in [0.25, 0.3) is 0 Å². The summed E-state index contributed by atoms with van der Waals surface area (Å²) in [5.74, 6) is 1.11. The molecule has 1 saturated heterocycles. The van der Waals surface area contributed by atoms with Crippen LogP contribution in [0.2, 0.25) is 0 Å². The largest absolute Gasteiger partial charge is 0.333 e. The minimum atomic E-state index is 0.0971. The van der Waals surface area contributed by atoms with Crippen LogP contribution in [0.1, 0.15) is 31.6 Å². The van der Waals surface area contributed by atoms with Gasteiger partial charge in [0.15, 0.2) is 0 Å². The number of para-hydroxylation sites is 2. The maximum absolute atomic E-state index is 11.8. The third-order valence-corrected chi connectivity index (χ3v) is 3.95. The zero-order valence-electron chi connectivity index (χ0n) is 11.7. The lowest BCUT2D eigenvalue weighted by Crippen LogP contribution is -2.29. The molecule has 3 rings (SSSR count). The van der Waals surface area contributed by atoms with Crippen LogP contribution in [0.25, 0.3) is 11.0 Å². The molecule has 0 spiro atoms. The van der Waals surface area contributed by atoms with Crippen molar-refractivity contribution in [1.82, 2.24) is 14.5 Å². The van der Waals surface area contributed by atoms with Gasteiger partial charge in [-0.3, -0.25) is 4.79 Å². The highest BCUT2D eigenvalue weighted by molar-refractivity contribution is 5.77. The maximum atomic E-state index is 11.8. The zero-order chi connectivity index (χ0) is 14.1. The van der Waals surface area contributed by atoms with Gasteiger partial charge in [-0.1, -0.05) is 18.2 Å². The van der Waals surface area contributed by atoms with Crippen molar-refractivity contribution in [3.63, 3.8) is 0 Å². The second kappa shape index (κ2) is 5.12. The number of fused-ring (bicyclic) bond motifs is 1. The minimum absolute atomic E-state index is 0.0971. The zero-order valence-corrected chi connectivity index (χ0v) is 11.7. The van der Waals surface area contributed by atoms with E-state index in [-0.39, 0.29) is 11.9 Å². The molecular formula is C16H19N3O. The number of carbonyl (C=O) groups excluding carboxylic acids is 1. The molecule has 2 aromatic rings. The molecule has 1 aliphatic heterocycles. The van der Waals surface area contributed by atoms with Gasteiger partial charge in [0.05, 0.1) is 17.1 Å². The van der Waals surface area contributed by atoms with Crippen molar-refractivity contribution < 1.29 is 4.79 Å². The lowest BCUT2D eigenvalue weighted by molar-refractivity contribution is -0.129. The Balaban J connectivity index is 2.12. The Labute approximate surface area is 118 Å². The molecule has 1 atom stereocenters. The third kappa shape index (κ3) is 2.01. The van der Waals surface area contributed by atoms with E-state index in [1.165, 1.54) is 0 Å². The van der Waals surface area contributed by atoms with E-state index < -0.39 is 0 Å². The quantitative estimate of drug-likeness (QED) is 0.804. The van der Waals surface area contributed by atoms with Crippen LogP contribution in [0.5, 0.6) is 0 Å². The van der Waals surface area contributed by atoms with Gasteiger partial charge >= 0.3 is 0 Å². The van der Waals surface area contributed by atoms with E-state index in [4.69, 9.17) is 4.98 Å². The fraction of sp³-hybridized carbons (Fsp3) is 0.375. The van der Waals surface area contributed by atoms with Crippen molar-refractivity contribution >= 4 is 16.9 Å². The second-order valence-corrected chi connectivity index (χ2v) is 5.23. The van der Waals surface area contributed by atoms with Crippen LogP contribution in [-0.2, 0) is 11.3 Å². The van der Waals surface area contributed by atoms with Crippen molar-refractivity contribution in [1.29, 1.82) is 0 Å². The molecule has 0 bridgehead atoms. The summed E-state index contributed by atoms with van der Waals surface area (Å²) < 4.78 is 2.17. The Hall–Kier alpha value is -2.10. The summed E-state index contributed by atoms with van der Waals surface area (Å²) in [6, 6.07) is 8.20. The molecule has 0 radical (unpaired) electrons. The van der Waals surface area contributed by atoms with Gasteiger partial charge < -0.3 is 9.47 Å². The summed E-state index contributed by atoms with van der Waals surface area (Å²) in [6.07, 6.45) is 3.91. The number of hydrogen-bond donors (Lipinski definition) is 0. The van der Waals surface area contributed by atoms with Crippen LogP contribution >= 0.6 is 0 Å². The summed E-state index contributed by atoms with van der Waals surface area (Å²) in [4.78, 5) is 18.5. The Morgan fingerprint density at radius 1 is 1.50 bits per heavy atom. The summed E-state index contributed by atoms with van der Waals surface area (Å²) in [5, 5.41) is 0. The van der Waals surface area contributed by atoms with E-state index in [2.05, 4.69) is 17.2 Å². The first-order valence-corrected chi connectivity index (χ1v) is 7.05. The molecule has 1 aromatic heterocycles. The van der Waals surface area contributed by atoms with Crippen molar-refractivity contribution in [3.8, 4) is 0 Å². The monoisotopic (exact) mass is 269 g/mol. The van der Waals surface area contributed by atoms with Crippen LogP contribution in [-0.4, -0.2) is 26.9 Å².